The Bertz CT molecular complexity index is 714. The van der Waals surface area contributed by atoms with Crippen LogP contribution >= 0.6 is 12.4 Å². The number of rotatable bonds is 7. The number of carbonyl (C=O) groups excluding carboxylic acids is 1. The molecule has 2 aromatic rings. The number of aromatic nitrogens is 2. The van der Waals surface area contributed by atoms with E-state index in [-0.39, 0.29) is 18.3 Å². The highest BCUT2D eigenvalue weighted by molar-refractivity contribution is 5.85. The predicted molar refractivity (Wildman–Crippen MR) is 105 cm³/mol. The molecule has 1 aliphatic rings. The van der Waals surface area contributed by atoms with Crippen molar-refractivity contribution in [2.45, 2.75) is 38.6 Å². The van der Waals surface area contributed by atoms with Crippen LogP contribution in [0, 0.1) is 0 Å². The third kappa shape index (κ3) is 5.68. The minimum absolute atomic E-state index is 0. The van der Waals surface area contributed by atoms with E-state index in [9.17, 15) is 4.79 Å². The maximum absolute atomic E-state index is 12.4. The molecule has 1 fully saturated rings. The first-order chi connectivity index (χ1) is 12.7. The first kappa shape index (κ1) is 21.2. The van der Waals surface area contributed by atoms with Crippen LogP contribution in [0.2, 0.25) is 0 Å². The van der Waals surface area contributed by atoms with E-state index in [1.807, 2.05) is 43.1 Å². The molecule has 1 aromatic carbocycles. The molecule has 3 rings (SSSR count). The molecule has 7 nitrogen and oxygen atoms in total. The van der Waals surface area contributed by atoms with Crippen LogP contribution in [0.25, 0.3) is 11.4 Å². The van der Waals surface area contributed by atoms with Gasteiger partial charge in [0.05, 0.1) is 6.61 Å². The van der Waals surface area contributed by atoms with Crippen molar-refractivity contribution in [3.8, 4) is 17.1 Å². The Morgan fingerprint density at radius 2 is 2.00 bits per heavy atom. The molecule has 2 heterocycles. The van der Waals surface area contributed by atoms with Gasteiger partial charge in [-0.1, -0.05) is 5.16 Å². The molecular formula is C19H27ClN4O3. The maximum Gasteiger partial charge on any atom is 0.227 e. The molecule has 1 N–H and O–H groups in total. The molecule has 1 aromatic heterocycles. The van der Waals surface area contributed by atoms with E-state index in [0.717, 1.165) is 37.2 Å². The van der Waals surface area contributed by atoms with E-state index in [2.05, 4.69) is 15.5 Å². The Kier molecular flexibility index (Phi) is 8.06. The van der Waals surface area contributed by atoms with Crippen LogP contribution in [0.1, 0.15) is 32.1 Å². The Balaban J connectivity index is 0.00000261. The summed E-state index contributed by atoms with van der Waals surface area (Å²) in [6, 6.07) is 7.88. The molecule has 1 amide bonds. The summed E-state index contributed by atoms with van der Waals surface area (Å²) in [6.07, 6.45) is 2.85. The summed E-state index contributed by atoms with van der Waals surface area (Å²) in [5, 5.41) is 7.33. The quantitative estimate of drug-likeness (QED) is 0.777. The molecule has 148 valence electrons. The van der Waals surface area contributed by atoms with Crippen LogP contribution < -0.4 is 10.1 Å². The third-order valence-corrected chi connectivity index (χ3v) is 4.69. The van der Waals surface area contributed by atoms with Crippen LogP contribution in [0.3, 0.4) is 0 Å². The van der Waals surface area contributed by atoms with Crippen molar-refractivity contribution in [1.29, 1.82) is 0 Å². The molecule has 0 saturated carbocycles. The van der Waals surface area contributed by atoms with Crippen molar-refractivity contribution < 1.29 is 14.1 Å². The zero-order chi connectivity index (χ0) is 18.4. The first-order valence-corrected chi connectivity index (χ1v) is 9.19. The van der Waals surface area contributed by atoms with Gasteiger partial charge in [-0.25, -0.2) is 0 Å². The monoisotopic (exact) mass is 394 g/mol. The third-order valence-electron chi connectivity index (χ3n) is 4.69. The number of nitrogens with zero attached hydrogens (tertiary/aromatic N) is 3. The number of nitrogens with one attached hydrogen (secondary N) is 1. The second kappa shape index (κ2) is 10.3. The zero-order valence-electron chi connectivity index (χ0n) is 15.8. The number of hydrogen-bond donors (Lipinski definition) is 1. The molecule has 0 atom stereocenters. The lowest BCUT2D eigenvalue weighted by Crippen LogP contribution is -2.44. The minimum atomic E-state index is 0. The molecule has 0 bridgehead atoms. The van der Waals surface area contributed by atoms with Crippen LogP contribution in [0.5, 0.6) is 5.75 Å². The summed E-state index contributed by atoms with van der Waals surface area (Å²) >= 11 is 0. The van der Waals surface area contributed by atoms with Gasteiger partial charge in [0.15, 0.2) is 0 Å². The lowest BCUT2D eigenvalue weighted by molar-refractivity contribution is -0.132. The van der Waals surface area contributed by atoms with Gasteiger partial charge in [0.25, 0.3) is 0 Å². The Morgan fingerprint density at radius 3 is 2.67 bits per heavy atom. The molecule has 0 aliphatic carbocycles. The van der Waals surface area contributed by atoms with E-state index in [1.165, 1.54) is 0 Å². The van der Waals surface area contributed by atoms with Crippen molar-refractivity contribution in [1.82, 2.24) is 20.4 Å². The van der Waals surface area contributed by atoms with E-state index >= 15 is 0 Å². The summed E-state index contributed by atoms with van der Waals surface area (Å²) in [4.78, 5) is 18.7. The highest BCUT2D eigenvalue weighted by Crippen LogP contribution is 2.20. The average Bonchev–Trinajstić information content (AvgIpc) is 3.16. The van der Waals surface area contributed by atoms with Crippen LogP contribution in [-0.4, -0.2) is 53.7 Å². The zero-order valence-corrected chi connectivity index (χ0v) is 16.6. The van der Waals surface area contributed by atoms with Gasteiger partial charge in [0, 0.05) is 31.5 Å². The lowest BCUT2D eigenvalue weighted by atomic mass is 10.0. The van der Waals surface area contributed by atoms with Crippen LogP contribution in [0.15, 0.2) is 28.8 Å². The summed E-state index contributed by atoms with van der Waals surface area (Å²) in [5.41, 5.74) is 0.863. The smallest absolute Gasteiger partial charge is 0.227 e. The van der Waals surface area contributed by atoms with Crippen molar-refractivity contribution in [3.63, 3.8) is 0 Å². The topological polar surface area (TPSA) is 80.5 Å². The number of amides is 1. The number of benzene rings is 1. The molecule has 8 heteroatoms. The van der Waals surface area contributed by atoms with Gasteiger partial charge in [-0.2, -0.15) is 4.98 Å². The van der Waals surface area contributed by atoms with Gasteiger partial charge >= 0.3 is 0 Å². The largest absolute Gasteiger partial charge is 0.494 e. The van der Waals surface area contributed by atoms with Crippen molar-refractivity contribution in [2.75, 3.05) is 26.7 Å². The minimum Gasteiger partial charge on any atom is -0.494 e. The van der Waals surface area contributed by atoms with E-state index in [4.69, 9.17) is 9.26 Å². The number of carbonyl (C=O) groups is 1. The van der Waals surface area contributed by atoms with Gasteiger partial charge in [0.1, 0.15) is 5.75 Å². The Morgan fingerprint density at radius 1 is 1.30 bits per heavy atom. The predicted octanol–water partition coefficient (Wildman–Crippen LogP) is 2.70. The number of hydrogen-bond acceptors (Lipinski definition) is 6. The van der Waals surface area contributed by atoms with E-state index < -0.39 is 0 Å². The number of aryl methyl sites for hydroxylation is 1. The fourth-order valence-corrected chi connectivity index (χ4v) is 3.13. The van der Waals surface area contributed by atoms with Gasteiger partial charge < -0.3 is 19.5 Å². The van der Waals surface area contributed by atoms with Crippen LogP contribution in [0.4, 0.5) is 0 Å². The Hall–Kier alpha value is -2.12. The highest BCUT2D eigenvalue weighted by Gasteiger charge is 2.22. The Labute approximate surface area is 165 Å². The molecular weight excluding hydrogens is 368 g/mol. The van der Waals surface area contributed by atoms with Gasteiger partial charge in [-0.3, -0.25) is 4.79 Å². The number of halogens is 1. The molecule has 0 unspecified atom stereocenters. The number of piperidine rings is 1. The summed E-state index contributed by atoms with van der Waals surface area (Å²) in [6.45, 7) is 4.52. The van der Waals surface area contributed by atoms with Gasteiger partial charge in [-0.05, 0) is 57.1 Å². The number of ether oxygens (including phenoxy) is 1. The molecule has 27 heavy (non-hydrogen) atoms. The lowest BCUT2D eigenvalue weighted by Gasteiger charge is -2.31. The average molecular weight is 395 g/mol. The standard InChI is InChI=1S/C19H26N4O3.ClH/c1-3-25-16-6-4-14(5-7-16)19-21-17(26-22-19)8-9-18(24)23(2)15-10-12-20-13-11-15;/h4-7,15,20H,3,8-13H2,1-2H3;1H. The fraction of sp³-hybridized carbons (Fsp3) is 0.526. The van der Waals surface area contributed by atoms with E-state index in [1.54, 1.807) is 0 Å². The molecule has 0 radical (unpaired) electrons. The summed E-state index contributed by atoms with van der Waals surface area (Å²) in [7, 11) is 1.89. The van der Waals surface area contributed by atoms with Crippen LogP contribution in [-0.2, 0) is 11.2 Å². The second-order valence-electron chi connectivity index (χ2n) is 6.45. The maximum atomic E-state index is 12.4. The molecule has 1 saturated heterocycles. The summed E-state index contributed by atoms with van der Waals surface area (Å²) in [5.74, 6) is 1.95. The molecule has 0 spiro atoms. The van der Waals surface area contributed by atoms with Gasteiger partial charge in [-0.15, -0.1) is 12.4 Å². The molecule has 1 aliphatic heterocycles. The SMILES string of the molecule is CCOc1ccc(-c2noc(CCC(=O)N(C)C3CCNCC3)n2)cc1.Cl. The normalized spacial score (nSPS) is 14.4. The highest BCUT2D eigenvalue weighted by atomic mass is 35.5. The van der Waals surface area contributed by atoms with Crippen molar-refractivity contribution in [3.05, 3.63) is 30.2 Å². The van der Waals surface area contributed by atoms with Crippen molar-refractivity contribution in [2.24, 2.45) is 0 Å². The summed E-state index contributed by atoms with van der Waals surface area (Å²) < 4.78 is 10.7. The van der Waals surface area contributed by atoms with Gasteiger partial charge in [0.2, 0.25) is 17.6 Å². The second-order valence-corrected chi connectivity index (χ2v) is 6.45. The first-order valence-electron chi connectivity index (χ1n) is 9.19. The van der Waals surface area contributed by atoms with Crippen molar-refractivity contribution >= 4 is 18.3 Å². The van der Waals surface area contributed by atoms with E-state index in [0.29, 0.717) is 37.2 Å². The fourth-order valence-electron chi connectivity index (χ4n) is 3.13.